The second-order valence-electron chi connectivity index (χ2n) is 7.44. The number of rotatable bonds is 9. The molecule has 164 valence electrons. The van der Waals surface area contributed by atoms with Gasteiger partial charge in [-0.25, -0.2) is 4.98 Å². The van der Waals surface area contributed by atoms with E-state index in [0.717, 1.165) is 22.0 Å². The Kier molecular flexibility index (Phi) is 7.02. The summed E-state index contributed by atoms with van der Waals surface area (Å²) in [6.45, 7) is 0.253. The van der Waals surface area contributed by atoms with Crippen LogP contribution in [0.2, 0.25) is 0 Å². The van der Waals surface area contributed by atoms with Gasteiger partial charge in [-0.05, 0) is 36.1 Å². The Hall–Kier alpha value is -2.97. The van der Waals surface area contributed by atoms with Crippen molar-refractivity contribution in [2.75, 3.05) is 12.0 Å². The highest BCUT2D eigenvalue weighted by atomic mass is 32.2. The number of benzene rings is 2. The minimum atomic E-state index is -0.850. The number of carbonyl (C=O) groups is 3. The van der Waals surface area contributed by atoms with Crippen LogP contribution < -0.4 is 5.32 Å². The zero-order chi connectivity index (χ0) is 22.5. The van der Waals surface area contributed by atoms with E-state index in [0.29, 0.717) is 23.3 Å². The fourth-order valence-electron chi connectivity index (χ4n) is 3.68. The van der Waals surface area contributed by atoms with E-state index in [4.69, 9.17) is 0 Å². The van der Waals surface area contributed by atoms with Crippen LogP contribution in [0.25, 0.3) is 0 Å². The minimum Gasteiger partial charge on any atom is -0.349 e. The first kappa shape index (κ1) is 22.2. The maximum Gasteiger partial charge on any atom is 0.262 e. The third-order valence-corrected chi connectivity index (χ3v) is 6.82. The van der Waals surface area contributed by atoms with Crippen LogP contribution in [0.5, 0.6) is 0 Å². The van der Waals surface area contributed by atoms with Crippen molar-refractivity contribution in [2.45, 2.75) is 25.4 Å². The maximum atomic E-state index is 13.1. The number of amides is 3. The quantitative estimate of drug-likeness (QED) is 0.487. The summed E-state index contributed by atoms with van der Waals surface area (Å²) >= 11 is 3.12. The van der Waals surface area contributed by atoms with Crippen molar-refractivity contribution in [1.82, 2.24) is 15.2 Å². The number of thiazole rings is 1. The highest BCUT2D eigenvalue weighted by molar-refractivity contribution is 7.98. The van der Waals surface area contributed by atoms with Crippen LogP contribution in [0.4, 0.5) is 0 Å². The molecule has 1 aliphatic rings. The third kappa shape index (κ3) is 4.76. The van der Waals surface area contributed by atoms with Gasteiger partial charge in [-0.3, -0.25) is 19.3 Å². The van der Waals surface area contributed by atoms with Crippen LogP contribution in [0, 0.1) is 0 Å². The van der Waals surface area contributed by atoms with Crippen molar-refractivity contribution in [3.05, 3.63) is 87.4 Å². The standard InChI is InChI=1S/C24H23N3O3S2/c1-31-12-11-20(27-23(29)18-9-5-6-10-19(18)24(27)30)22(28)25-14-17-15-32-21(26-17)13-16-7-3-2-4-8-16/h2-10,15,20H,11-14H2,1H3,(H,25,28). The van der Waals surface area contributed by atoms with Crippen LogP contribution in [-0.2, 0) is 17.8 Å². The van der Waals surface area contributed by atoms with E-state index >= 15 is 0 Å². The summed E-state index contributed by atoms with van der Waals surface area (Å²) in [4.78, 5) is 44.5. The van der Waals surface area contributed by atoms with E-state index in [2.05, 4.69) is 22.4 Å². The third-order valence-electron chi connectivity index (χ3n) is 5.28. The van der Waals surface area contributed by atoms with Gasteiger partial charge >= 0.3 is 0 Å². The van der Waals surface area contributed by atoms with Crippen LogP contribution in [0.15, 0.2) is 60.0 Å². The first-order valence-electron chi connectivity index (χ1n) is 10.3. The summed E-state index contributed by atoms with van der Waals surface area (Å²) < 4.78 is 0. The first-order valence-corrected chi connectivity index (χ1v) is 12.6. The fourth-order valence-corrected chi connectivity index (χ4v) is 4.96. The van der Waals surface area contributed by atoms with E-state index in [1.165, 1.54) is 5.56 Å². The van der Waals surface area contributed by atoms with Gasteiger partial charge in [0.15, 0.2) is 0 Å². The number of nitrogens with zero attached hydrogens (tertiary/aromatic N) is 2. The topological polar surface area (TPSA) is 79.4 Å². The first-order chi connectivity index (χ1) is 15.6. The monoisotopic (exact) mass is 465 g/mol. The van der Waals surface area contributed by atoms with Gasteiger partial charge in [0.05, 0.1) is 28.4 Å². The van der Waals surface area contributed by atoms with E-state index < -0.39 is 17.9 Å². The molecular weight excluding hydrogens is 442 g/mol. The lowest BCUT2D eigenvalue weighted by molar-refractivity contribution is -0.125. The summed E-state index contributed by atoms with van der Waals surface area (Å²) in [6, 6.07) is 15.9. The zero-order valence-electron chi connectivity index (χ0n) is 17.6. The molecule has 0 saturated carbocycles. The molecule has 1 unspecified atom stereocenters. The molecule has 3 amide bonds. The molecule has 3 aromatic rings. The number of fused-ring (bicyclic) bond motifs is 1. The van der Waals surface area contributed by atoms with Gasteiger partial charge in [0.1, 0.15) is 6.04 Å². The van der Waals surface area contributed by atoms with Crippen LogP contribution in [-0.4, -0.2) is 45.7 Å². The second kappa shape index (κ2) is 10.1. The van der Waals surface area contributed by atoms with Crippen molar-refractivity contribution in [3.63, 3.8) is 0 Å². The Morgan fingerprint density at radius 3 is 2.38 bits per heavy atom. The second-order valence-corrected chi connectivity index (χ2v) is 9.36. The summed E-state index contributed by atoms with van der Waals surface area (Å²) in [5, 5.41) is 5.78. The number of carbonyl (C=O) groups excluding carboxylic acids is 3. The highest BCUT2D eigenvalue weighted by Gasteiger charge is 2.42. The molecule has 0 radical (unpaired) electrons. The molecule has 0 spiro atoms. The average Bonchev–Trinajstić information content (AvgIpc) is 3.36. The van der Waals surface area contributed by atoms with Crippen molar-refractivity contribution in [3.8, 4) is 0 Å². The van der Waals surface area contributed by atoms with Crippen LogP contribution >= 0.6 is 23.1 Å². The SMILES string of the molecule is CSCCC(C(=O)NCc1csc(Cc2ccccc2)n1)N1C(=O)c2ccccc2C1=O. The Morgan fingerprint density at radius 1 is 1.06 bits per heavy atom. The molecule has 2 heterocycles. The molecule has 1 aromatic heterocycles. The lowest BCUT2D eigenvalue weighted by Crippen LogP contribution is -2.49. The summed E-state index contributed by atoms with van der Waals surface area (Å²) in [5.41, 5.74) is 2.65. The minimum absolute atomic E-state index is 0.253. The molecule has 0 saturated heterocycles. The molecule has 2 aromatic carbocycles. The molecule has 1 N–H and O–H groups in total. The molecule has 6 nitrogen and oxygen atoms in total. The molecular formula is C24H23N3O3S2. The molecule has 8 heteroatoms. The molecule has 32 heavy (non-hydrogen) atoms. The van der Waals surface area contributed by atoms with Crippen LogP contribution in [0.3, 0.4) is 0 Å². The average molecular weight is 466 g/mol. The zero-order valence-corrected chi connectivity index (χ0v) is 19.2. The fraction of sp³-hybridized carbons (Fsp3) is 0.250. The number of nitrogens with one attached hydrogen (secondary N) is 1. The number of aromatic nitrogens is 1. The predicted octanol–water partition coefficient (Wildman–Crippen LogP) is 3.77. The van der Waals surface area contributed by atoms with Gasteiger partial charge in [0, 0.05) is 11.8 Å². The summed E-state index contributed by atoms with van der Waals surface area (Å²) in [7, 11) is 0. The Bertz CT molecular complexity index is 1100. The van der Waals surface area contributed by atoms with Gasteiger partial charge in [-0.1, -0.05) is 42.5 Å². The number of hydrogen-bond donors (Lipinski definition) is 1. The summed E-state index contributed by atoms with van der Waals surface area (Å²) in [6.07, 6.45) is 3.07. The Balaban J connectivity index is 1.43. The van der Waals surface area contributed by atoms with E-state index in [-0.39, 0.29) is 12.5 Å². The van der Waals surface area contributed by atoms with Crippen molar-refractivity contribution in [2.24, 2.45) is 0 Å². The molecule has 0 bridgehead atoms. The van der Waals surface area contributed by atoms with Crippen molar-refractivity contribution >= 4 is 40.8 Å². The van der Waals surface area contributed by atoms with E-state index in [9.17, 15) is 14.4 Å². The van der Waals surface area contributed by atoms with Crippen molar-refractivity contribution < 1.29 is 14.4 Å². The highest BCUT2D eigenvalue weighted by Crippen LogP contribution is 2.26. The Labute approximate surface area is 195 Å². The van der Waals surface area contributed by atoms with Gasteiger partial charge < -0.3 is 5.32 Å². The molecule has 4 rings (SSSR count). The van der Waals surface area contributed by atoms with Gasteiger partial charge in [-0.15, -0.1) is 11.3 Å². The van der Waals surface area contributed by atoms with E-state index in [1.807, 2.05) is 29.8 Å². The van der Waals surface area contributed by atoms with Gasteiger partial charge in [0.25, 0.3) is 11.8 Å². The lowest BCUT2D eigenvalue weighted by atomic mass is 10.1. The normalized spacial score (nSPS) is 13.8. The number of imide groups is 1. The Morgan fingerprint density at radius 2 is 1.72 bits per heavy atom. The molecule has 1 aliphatic heterocycles. The molecule has 1 atom stereocenters. The molecule has 0 fully saturated rings. The number of thioether (sulfide) groups is 1. The van der Waals surface area contributed by atoms with Crippen LogP contribution in [0.1, 0.15) is 43.4 Å². The van der Waals surface area contributed by atoms with Gasteiger partial charge in [0.2, 0.25) is 5.91 Å². The smallest absolute Gasteiger partial charge is 0.262 e. The van der Waals surface area contributed by atoms with Crippen molar-refractivity contribution in [1.29, 1.82) is 0 Å². The predicted molar refractivity (Wildman–Crippen MR) is 127 cm³/mol. The van der Waals surface area contributed by atoms with Gasteiger partial charge in [-0.2, -0.15) is 11.8 Å². The maximum absolute atomic E-state index is 13.1. The molecule has 0 aliphatic carbocycles. The van der Waals surface area contributed by atoms with E-state index in [1.54, 1.807) is 47.4 Å². The number of hydrogen-bond acceptors (Lipinski definition) is 6. The summed E-state index contributed by atoms with van der Waals surface area (Å²) in [5.74, 6) is -0.508. The lowest BCUT2D eigenvalue weighted by Gasteiger charge is -2.25. The largest absolute Gasteiger partial charge is 0.349 e.